The van der Waals surface area contributed by atoms with Crippen LogP contribution in [-0.2, 0) is 12.8 Å². The van der Waals surface area contributed by atoms with Gasteiger partial charge in [0, 0.05) is 16.9 Å². The molecule has 2 aliphatic carbocycles. The Labute approximate surface area is 287 Å². The lowest BCUT2D eigenvalue weighted by Crippen LogP contribution is -2.14. The lowest BCUT2D eigenvalue weighted by molar-refractivity contribution is 0.687. The monoisotopic (exact) mass is 625 g/mol. The maximum Gasteiger partial charge on any atom is 0.0543 e. The van der Waals surface area contributed by atoms with Gasteiger partial charge in [0.15, 0.2) is 0 Å². The van der Waals surface area contributed by atoms with Crippen molar-refractivity contribution in [2.45, 2.75) is 25.7 Å². The van der Waals surface area contributed by atoms with Gasteiger partial charge in [0.2, 0.25) is 0 Å². The summed E-state index contributed by atoms with van der Waals surface area (Å²) in [5.41, 5.74) is 17.2. The van der Waals surface area contributed by atoms with Crippen LogP contribution in [0.1, 0.15) is 24.0 Å². The summed E-state index contributed by atoms with van der Waals surface area (Å²) < 4.78 is 0. The topological polar surface area (TPSA) is 3.24 Å². The van der Waals surface area contributed by atoms with Crippen molar-refractivity contribution in [2.24, 2.45) is 0 Å². The fourth-order valence-electron chi connectivity index (χ4n) is 8.29. The lowest BCUT2D eigenvalue weighted by atomic mass is 9.77. The Hall–Kier alpha value is -5.92. The third-order valence-electron chi connectivity index (χ3n) is 10.7. The van der Waals surface area contributed by atoms with Crippen molar-refractivity contribution in [2.75, 3.05) is 4.90 Å². The molecule has 0 radical (unpaired) electrons. The highest BCUT2D eigenvalue weighted by Crippen LogP contribution is 2.51. The van der Waals surface area contributed by atoms with Gasteiger partial charge in [-0.15, -0.1) is 0 Å². The van der Waals surface area contributed by atoms with E-state index >= 15 is 0 Å². The van der Waals surface area contributed by atoms with Crippen LogP contribution in [0.2, 0.25) is 0 Å². The number of anilines is 3. The largest absolute Gasteiger partial charge is 0.310 e. The van der Waals surface area contributed by atoms with Gasteiger partial charge in [-0.25, -0.2) is 0 Å². The molecule has 1 nitrogen and oxygen atoms in total. The summed E-state index contributed by atoms with van der Waals surface area (Å²) >= 11 is 0. The second-order valence-electron chi connectivity index (χ2n) is 13.6. The van der Waals surface area contributed by atoms with E-state index in [2.05, 4.69) is 169 Å². The van der Waals surface area contributed by atoms with Gasteiger partial charge in [-0.3, -0.25) is 0 Å². The predicted molar refractivity (Wildman–Crippen MR) is 208 cm³/mol. The van der Waals surface area contributed by atoms with E-state index in [1.54, 1.807) is 0 Å². The molecule has 0 N–H and O–H groups in total. The molecule has 8 aromatic carbocycles. The summed E-state index contributed by atoms with van der Waals surface area (Å²) in [6.07, 6.45) is 4.80. The summed E-state index contributed by atoms with van der Waals surface area (Å²) in [7, 11) is 0. The van der Waals surface area contributed by atoms with E-state index in [0.29, 0.717) is 0 Å². The van der Waals surface area contributed by atoms with Crippen molar-refractivity contribution in [1.82, 2.24) is 0 Å². The highest BCUT2D eigenvalue weighted by atomic mass is 15.1. The Morgan fingerprint density at radius 3 is 1.63 bits per heavy atom. The zero-order valence-corrected chi connectivity index (χ0v) is 27.4. The van der Waals surface area contributed by atoms with Crippen molar-refractivity contribution in [3.05, 3.63) is 175 Å². The van der Waals surface area contributed by atoms with Crippen LogP contribution in [0.4, 0.5) is 17.1 Å². The number of rotatable bonds is 5. The van der Waals surface area contributed by atoms with Crippen molar-refractivity contribution in [3.63, 3.8) is 0 Å². The molecule has 2 aliphatic rings. The van der Waals surface area contributed by atoms with Crippen LogP contribution >= 0.6 is 0 Å². The van der Waals surface area contributed by atoms with Crippen LogP contribution in [0, 0.1) is 0 Å². The Kier molecular flexibility index (Phi) is 6.52. The normalized spacial score (nSPS) is 13.0. The molecule has 0 saturated carbocycles. The van der Waals surface area contributed by atoms with Crippen LogP contribution in [0.5, 0.6) is 0 Å². The molecule has 0 atom stereocenters. The van der Waals surface area contributed by atoms with Gasteiger partial charge in [-0.05, 0) is 158 Å². The van der Waals surface area contributed by atoms with Crippen LogP contribution in [0.3, 0.4) is 0 Å². The van der Waals surface area contributed by atoms with Crippen LogP contribution in [0.15, 0.2) is 164 Å². The molecule has 0 aromatic heterocycles. The van der Waals surface area contributed by atoms with Crippen LogP contribution in [-0.4, -0.2) is 0 Å². The molecule has 8 aromatic rings. The summed E-state index contributed by atoms with van der Waals surface area (Å²) in [4.78, 5) is 2.47. The summed E-state index contributed by atoms with van der Waals surface area (Å²) in [5, 5.41) is 5.11. The van der Waals surface area contributed by atoms with E-state index in [1.165, 1.54) is 107 Å². The molecule has 0 heterocycles. The smallest absolute Gasteiger partial charge is 0.0543 e. The minimum atomic E-state index is 1.13. The van der Waals surface area contributed by atoms with Crippen molar-refractivity contribution >= 4 is 38.6 Å². The fourth-order valence-corrected chi connectivity index (χ4v) is 8.29. The number of nitrogens with zero attached hydrogens (tertiary/aromatic N) is 1. The van der Waals surface area contributed by atoms with Crippen LogP contribution < -0.4 is 4.90 Å². The van der Waals surface area contributed by atoms with Crippen molar-refractivity contribution in [1.29, 1.82) is 0 Å². The number of benzene rings is 8. The molecule has 1 heteroatoms. The van der Waals surface area contributed by atoms with Crippen molar-refractivity contribution < 1.29 is 0 Å². The maximum absolute atomic E-state index is 2.47. The van der Waals surface area contributed by atoms with Gasteiger partial charge in [-0.1, -0.05) is 103 Å². The molecule has 0 spiro atoms. The van der Waals surface area contributed by atoms with Crippen molar-refractivity contribution in [3.8, 4) is 44.5 Å². The van der Waals surface area contributed by atoms with Gasteiger partial charge >= 0.3 is 0 Å². The average Bonchev–Trinajstić information content (AvgIpc) is 3.17. The van der Waals surface area contributed by atoms with E-state index in [9.17, 15) is 0 Å². The summed E-state index contributed by atoms with van der Waals surface area (Å²) in [5.74, 6) is 0. The standard InChI is InChI=1S/C48H35N/c1-4-12-32(13-5-1)35-20-21-36-28-43-44-29-37-22-24-41(27-39(37)31-46(44)45(43)30-38(36)26-35)49(40-17-8-3-9-18-40)47-25-23-33-14-10-11-19-42(33)48(47)34-15-6-2-7-16-34/h1-9,12-13,15-18,20-31H,10-11,14,19H2. The quantitative estimate of drug-likeness (QED) is 0.184. The molecular formula is C48H35N. The Balaban J connectivity index is 1.11. The number of fused-ring (bicyclic) bond motifs is 7. The first-order valence-electron chi connectivity index (χ1n) is 17.6. The number of para-hydroxylation sites is 1. The first kappa shape index (κ1) is 28.1. The Morgan fingerprint density at radius 2 is 0.939 bits per heavy atom. The molecule has 0 amide bonds. The Bertz CT molecular complexity index is 2530. The number of hydrogen-bond acceptors (Lipinski definition) is 1. The lowest BCUT2D eigenvalue weighted by Gasteiger charge is -2.31. The predicted octanol–water partition coefficient (Wildman–Crippen LogP) is 13.3. The highest BCUT2D eigenvalue weighted by Gasteiger charge is 2.26. The number of aryl methyl sites for hydroxylation is 1. The SMILES string of the molecule is c1ccc(-c2ccc3cc4c(cc3c2)-c2cc3cc(N(c5ccccc5)c5ccc6c(c5-c5ccccc5)CCCC6)ccc3cc2-4)cc1. The van der Waals surface area contributed by atoms with E-state index < -0.39 is 0 Å². The van der Waals surface area contributed by atoms with E-state index in [0.717, 1.165) is 12.8 Å². The molecular weight excluding hydrogens is 591 g/mol. The van der Waals surface area contributed by atoms with Gasteiger partial charge in [0.25, 0.3) is 0 Å². The van der Waals surface area contributed by atoms with E-state index in [1.807, 2.05) is 0 Å². The number of hydrogen-bond donors (Lipinski definition) is 0. The molecule has 0 saturated heterocycles. The molecule has 232 valence electrons. The minimum Gasteiger partial charge on any atom is -0.310 e. The van der Waals surface area contributed by atoms with Crippen LogP contribution in [0.25, 0.3) is 66.1 Å². The second kappa shape index (κ2) is 11.4. The highest BCUT2D eigenvalue weighted by molar-refractivity contribution is 6.12. The summed E-state index contributed by atoms with van der Waals surface area (Å²) in [6.45, 7) is 0. The van der Waals surface area contributed by atoms with Gasteiger partial charge in [0.1, 0.15) is 0 Å². The van der Waals surface area contributed by atoms with E-state index in [4.69, 9.17) is 0 Å². The third kappa shape index (κ3) is 4.69. The summed E-state index contributed by atoms with van der Waals surface area (Å²) in [6, 6.07) is 60.8. The Morgan fingerprint density at radius 1 is 0.367 bits per heavy atom. The van der Waals surface area contributed by atoms with E-state index in [-0.39, 0.29) is 0 Å². The molecule has 0 bridgehead atoms. The zero-order valence-electron chi connectivity index (χ0n) is 27.4. The molecule has 0 unspecified atom stereocenters. The minimum absolute atomic E-state index is 1.13. The third-order valence-corrected chi connectivity index (χ3v) is 10.7. The zero-order chi connectivity index (χ0) is 32.3. The first-order valence-corrected chi connectivity index (χ1v) is 17.6. The average molecular weight is 626 g/mol. The fraction of sp³-hybridized carbons (Fsp3) is 0.0833. The molecule has 10 rings (SSSR count). The van der Waals surface area contributed by atoms with Gasteiger partial charge < -0.3 is 4.90 Å². The molecule has 49 heavy (non-hydrogen) atoms. The van der Waals surface area contributed by atoms with Gasteiger partial charge in [0.05, 0.1) is 5.69 Å². The molecule has 0 aliphatic heterocycles. The first-order chi connectivity index (χ1) is 24.3. The second-order valence-corrected chi connectivity index (χ2v) is 13.6. The maximum atomic E-state index is 2.47. The van der Waals surface area contributed by atoms with Gasteiger partial charge in [-0.2, -0.15) is 0 Å². The molecule has 0 fully saturated rings.